The number of pyridine rings is 1. The van der Waals surface area contributed by atoms with Gasteiger partial charge in [-0.05, 0) is 91.8 Å². The molecule has 0 saturated heterocycles. The second-order valence-electron chi connectivity index (χ2n) is 9.53. The average Bonchev–Trinajstić information content (AvgIpc) is 2.64. The fourth-order valence-corrected chi connectivity index (χ4v) is 7.77. The molecule has 30 heavy (non-hydrogen) atoms. The standard InChI is InChI=1S/C21H27BrN4O3S/c1-20(2,29-18-16(22)5-4-6-24-18)19(25-12-23)26-17-14-7-13-8-15(17)11-21(9-13,10-14)30(3,27)28/h4-6,13-15,17H,7-11H2,1-3H3,(H,25,26). The summed E-state index contributed by atoms with van der Waals surface area (Å²) in [6.07, 6.45) is 9.17. The Balaban J connectivity index is 1.63. The summed E-state index contributed by atoms with van der Waals surface area (Å²) in [5.74, 6) is 1.78. The molecule has 0 amide bonds. The largest absolute Gasteiger partial charge is 0.463 e. The van der Waals surface area contributed by atoms with Crippen LogP contribution >= 0.6 is 15.9 Å². The zero-order valence-electron chi connectivity index (χ0n) is 17.4. The molecule has 4 bridgehead atoms. The Labute approximate surface area is 186 Å². The molecule has 4 aliphatic rings. The number of nitrogens with zero attached hydrogens (tertiary/aromatic N) is 3. The van der Waals surface area contributed by atoms with E-state index in [1.807, 2.05) is 26.1 Å². The zero-order chi connectivity index (χ0) is 21.7. The van der Waals surface area contributed by atoms with Crippen molar-refractivity contribution in [2.45, 2.75) is 62.3 Å². The first-order valence-corrected chi connectivity index (χ1v) is 13.0. The van der Waals surface area contributed by atoms with Crippen LogP contribution in [0.15, 0.2) is 27.8 Å². The topological polar surface area (TPSA) is 104 Å². The number of aromatic nitrogens is 1. The van der Waals surface area contributed by atoms with Gasteiger partial charge in [-0.15, -0.1) is 0 Å². The Kier molecular flexibility index (Phi) is 5.38. The highest BCUT2D eigenvalue weighted by molar-refractivity contribution is 9.10. The van der Waals surface area contributed by atoms with Gasteiger partial charge in [-0.2, -0.15) is 5.26 Å². The van der Waals surface area contributed by atoms with E-state index < -0.39 is 20.2 Å². The molecule has 9 heteroatoms. The van der Waals surface area contributed by atoms with E-state index in [0.29, 0.717) is 30.5 Å². The number of hydrogen-bond donors (Lipinski definition) is 1. The predicted octanol–water partition coefficient (Wildman–Crippen LogP) is 3.46. The Morgan fingerprint density at radius 2 is 2.03 bits per heavy atom. The fraction of sp³-hybridized carbons (Fsp3) is 0.667. The van der Waals surface area contributed by atoms with Gasteiger partial charge in [0.25, 0.3) is 0 Å². The van der Waals surface area contributed by atoms with E-state index in [1.165, 1.54) is 6.26 Å². The van der Waals surface area contributed by atoms with Crippen molar-refractivity contribution in [3.8, 4) is 12.1 Å². The zero-order valence-corrected chi connectivity index (χ0v) is 19.8. The second kappa shape index (κ2) is 7.49. The second-order valence-corrected chi connectivity index (χ2v) is 12.8. The Morgan fingerprint density at radius 1 is 1.37 bits per heavy atom. The van der Waals surface area contributed by atoms with Crippen LogP contribution in [-0.4, -0.2) is 41.9 Å². The number of sulfone groups is 1. The first-order valence-electron chi connectivity index (χ1n) is 10.3. The van der Waals surface area contributed by atoms with Crippen LogP contribution in [0.4, 0.5) is 0 Å². The molecule has 1 heterocycles. The van der Waals surface area contributed by atoms with Crippen LogP contribution in [0.25, 0.3) is 0 Å². The highest BCUT2D eigenvalue weighted by Gasteiger charge is 2.59. The van der Waals surface area contributed by atoms with Crippen LogP contribution in [0, 0.1) is 29.2 Å². The minimum Gasteiger partial charge on any atom is -0.463 e. The summed E-state index contributed by atoms with van der Waals surface area (Å²) in [6, 6.07) is 3.65. The molecular formula is C21H27BrN4O3S. The van der Waals surface area contributed by atoms with Crippen molar-refractivity contribution < 1.29 is 13.2 Å². The molecule has 0 radical (unpaired) electrons. The SMILES string of the molecule is CC(C)(Oc1ncccc1Br)C(=NC1C2CC3CC1CC(S(C)(=O)=O)(C3)C2)NC#N. The maximum Gasteiger partial charge on any atom is 0.228 e. The quantitative estimate of drug-likeness (QED) is 0.290. The molecule has 1 aromatic rings. The van der Waals surface area contributed by atoms with Crippen molar-refractivity contribution in [1.82, 2.24) is 10.3 Å². The van der Waals surface area contributed by atoms with Gasteiger partial charge in [0.1, 0.15) is 0 Å². The minimum atomic E-state index is -3.11. The number of nitriles is 1. The van der Waals surface area contributed by atoms with Gasteiger partial charge in [-0.1, -0.05) is 0 Å². The van der Waals surface area contributed by atoms with Gasteiger partial charge in [0.2, 0.25) is 5.88 Å². The van der Waals surface area contributed by atoms with Gasteiger partial charge in [0.05, 0.1) is 15.3 Å². The Bertz CT molecular complexity index is 1000. The lowest BCUT2D eigenvalue weighted by Gasteiger charge is -2.58. The number of hydrogen-bond acceptors (Lipinski definition) is 6. The first-order chi connectivity index (χ1) is 14.0. The number of rotatable bonds is 5. The maximum absolute atomic E-state index is 12.6. The molecule has 1 aromatic heterocycles. The van der Waals surface area contributed by atoms with Crippen molar-refractivity contribution in [2.24, 2.45) is 22.7 Å². The van der Waals surface area contributed by atoms with E-state index in [2.05, 4.69) is 26.2 Å². The highest BCUT2D eigenvalue weighted by Crippen LogP contribution is 2.59. The normalized spacial score (nSPS) is 33.2. The average molecular weight is 495 g/mol. The summed E-state index contributed by atoms with van der Waals surface area (Å²) in [5, 5.41) is 12.1. The van der Waals surface area contributed by atoms with Crippen LogP contribution in [0.2, 0.25) is 0 Å². The summed E-state index contributed by atoms with van der Waals surface area (Å²) >= 11 is 3.44. The molecule has 7 nitrogen and oxygen atoms in total. The van der Waals surface area contributed by atoms with Gasteiger partial charge in [-0.3, -0.25) is 10.3 Å². The third kappa shape index (κ3) is 3.73. The molecule has 0 aromatic carbocycles. The monoisotopic (exact) mass is 494 g/mol. The van der Waals surface area contributed by atoms with Crippen LogP contribution in [0.5, 0.6) is 5.88 Å². The van der Waals surface area contributed by atoms with Gasteiger partial charge in [-0.25, -0.2) is 13.4 Å². The van der Waals surface area contributed by atoms with E-state index in [4.69, 9.17) is 9.73 Å². The summed E-state index contributed by atoms with van der Waals surface area (Å²) in [5.41, 5.74) is -0.907. The van der Waals surface area contributed by atoms with Crippen molar-refractivity contribution in [1.29, 1.82) is 5.26 Å². The molecule has 0 aliphatic heterocycles. The maximum atomic E-state index is 12.6. The minimum absolute atomic E-state index is 0.00215. The first kappa shape index (κ1) is 21.6. The summed E-state index contributed by atoms with van der Waals surface area (Å²) < 4.78 is 31.4. The molecule has 0 spiro atoms. The molecular weight excluding hydrogens is 468 g/mol. The molecule has 1 N–H and O–H groups in total. The van der Waals surface area contributed by atoms with Crippen molar-refractivity contribution in [3.05, 3.63) is 22.8 Å². The lowest BCUT2D eigenvalue weighted by molar-refractivity contribution is 0.0140. The Hall–Kier alpha value is -1.66. The number of halogens is 1. The van der Waals surface area contributed by atoms with Crippen LogP contribution in [0.3, 0.4) is 0 Å². The summed E-state index contributed by atoms with van der Waals surface area (Å²) in [4.78, 5) is 9.26. The summed E-state index contributed by atoms with van der Waals surface area (Å²) in [6.45, 7) is 3.71. The third-order valence-electron chi connectivity index (χ3n) is 7.05. The smallest absolute Gasteiger partial charge is 0.228 e. The van der Waals surface area contributed by atoms with Crippen LogP contribution < -0.4 is 10.1 Å². The number of ether oxygens (including phenoxy) is 1. The lowest BCUT2D eigenvalue weighted by atomic mass is 9.54. The van der Waals surface area contributed by atoms with Crippen molar-refractivity contribution in [3.63, 3.8) is 0 Å². The summed E-state index contributed by atoms with van der Waals surface area (Å²) in [7, 11) is -3.11. The Morgan fingerprint density at radius 3 is 2.60 bits per heavy atom. The highest BCUT2D eigenvalue weighted by atomic mass is 79.9. The molecule has 162 valence electrons. The molecule has 2 atom stereocenters. The van der Waals surface area contributed by atoms with Gasteiger partial charge < -0.3 is 4.74 Å². The van der Waals surface area contributed by atoms with Crippen molar-refractivity contribution in [2.75, 3.05) is 6.26 Å². The number of amidine groups is 1. The fourth-order valence-electron chi connectivity index (χ4n) is 5.86. The number of nitrogens with one attached hydrogen (secondary N) is 1. The van der Waals surface area contributed by atoms with Gasteiger partial charge in [0.15, 0.2) is 27.5 Å². The molecule has 4 fully saturated rings. The van der Waals surface area contributed by atoms with E-state index in [9.17, 15) is 13.7 Å². The van der Waals surface area contributed by atoms with Gasteiger partial charge >= 0.3 is 0 Å². The predicted molar refractivity (Wildman–Crippen MR) is 118 cm³/mol. The molecule has 5 rings (SSSR count). The molecule has 4 aliphatic carbocycles. The van der Waals surface area contributed by atoms with Crippen molar-refractivity contribution >= 4 is 31.6 Å². The molecule has 2 unspecified atom stereocenters. The lowest BCUT2D eigenvalue weighted by Crippen LogP contribution is -2.60. The third-order valence-corrected chi connectivity index (χ3v) is 9.73. The van der Waals surface area contributed by atoms with E-state index in [-0.39, 0.29) is 17.9 Å². The van der Waals surface area contributed by atoms with E-state index in [0.717, 1.165) is 23.7 Å². The van der Waals surface area contributed by atoms with Crippen LogP contribution in [-0.2, 0) is 9.84 Å². The number of aliphatic imine (C=N–C) groups is 1. The van der Waals surface area contributed by atoms with E-state index >= 15 is 0 Å². The molecule has 4 saturated carbocycles. The van der Waals surface area contributed by atoms with Crippen LogP contribution in [0.1, 0.15) is 46.0 Å². The van der Waals surface area contributed by atoms with Gasteiger partial charge in [0, 0.05) is 12.5 Å². The van der Waals surface area contributed by atoms with E-state index in [1.54, 1.807) is 12.3 Å².